The van der Waals surface area contributed by atoms with Crippen molar-refractivity contribution in [2.24, 2.45) is 0 Å². The van der Waals surface area contributed by atoms with Gasteiger partial charge >= 0.3 is 0 Å². The van der Waals surface area contributed by atoms with Crippen LogP contribution in [-0.4, -0.2) is 10.0 Å². The molecular formula is C21H16Cl3NO. The standard InChI is InChI=1S/C21H16Cl3NO/c22-21(23,24)19-25-18-14-8-7-13-17(18)20(26-19,15-9-3-1-4-10-15)16-11-5-2-6-12-16/h1-14,19,25H. The van der Waals surface area contributed by atoms with Crippen molar-refractivity contribution in [1.82, 2.24) is 0 Å². The Hall–Kier alpha value is -1.71. The number of rotatable bonds is 2. The summed E-state index contributed by atoms with van der Waals surface area (Å²) in [4.78, 5) is 0. The summed E-state index contributed by atoms with van der Waals surface area (Å²) in [6, 6.07) is 28.0. The first-order chi connectivity index (χ1) is 12.5. The molecule has 1 unspecified atom stereocenters. The summed E-state index contributed by atoms with van der Waals surface area (Å²) in [5, 5.41) is 3.21. The molecule has 1 aliphatic heterocycles. The predicted molar refractivity (Wildman–Crippen MR) is 108 cm³/mol. The lowest BCUT2D eigenvalue weighted by Gasteiger charge is -2.45. The number of benzene rings is 3. The number of anilines is 1. The summed E-state index contributed by atoms with van der Waals surface area (Å²) in [7, 11) is 0. The summed E-state index contributed by atoms with van der Waals surface area (Å²) < 4.78 is 4.89. The molecule has 0 spiro atoms. The van der Waals surface area contributed by atoms with Crippen LogP contribution in [0.4, 0.5) is 5.69 Å². The third-order valence-electron chi connectivity index (χ3n) is 4.55. The molecule has 0 amide bonds. The van der Waals surface area contributed by atoms with Crippen LogP contribution in [0.2, 0.25) is 0 Å². The fourth-order valence-electron chi connectivity index (χ4n) is 3.44. The Morgan fingerprint density at radius 2 is 1.23 bits per heavy atom. The maximum Gasteiger partial charge on any atom is 0.234 e. The molecule has 3 aromatic rings. The van der Waals surface area contributed by atoms with Gasteiger partial charge in [-0.05, 0) is 17.2 Å². The van der Waals surface area contributed by atoms with Gasteiger partial charge in [-0.25, -0.2) is 0 Å². The molecule has 0 saturated carbocycles. The van der Waals surface area contributed by atoms with Crippen LogP contribution in [-0.2, 0) is 10.3 Å². The summed E-state index contributed by atoms with van der Waals surface area (Å²) in [6.07, 6.45) is -0.817. The van der Waals surface area contributed by atoms with Crippen molar-refractivity contribution in [3.05, 3.63) is 102 Å². The van der Waals surface area contributed by atoms with Crippen LogP contribution in [0, 0.1) is 0 Å². The third kappa shape index (κ3) is 2.97. The molecule has 3 aromatic carbocycles. The van der Waals surface area contributed by atoms with Crippen molar-refractivity contribution >= 4 is 40.5 Å². The second-order valence-corrected chi connectivity index (χ2v) is 8.51. The second kappa shape index (κ2) is 6.79. The number of ether oxygens (including phenoxy) is 1. The maximum atomic E-state index is 6.53. The number of alkyl halides is 3. The normalized spacial score (nSPS) is 18.7. The Labute approximate surface area is 167 Å². The minimum Gasteiger partial charge on any atom is -0.356 e. The van der Waals surface area contributed by atoms with E-state index in [0.29, 0.717) is 0 Å². The van der Waals surface area contributed by atoms with Crippen LogP contribution >= 0.6 is 34.8 Å². The first-order valence-electron chi connectivity index (χ1n) is 8.23. The average molecular weight is 405 g/mol. The largest absolute Gasteiger partial charge is 0.356 e. The van der Waals surface area contributed by atoms with E-state index in [9.17, 15) is 0 Å². The van der Waals surface area contributed by atoms with Gasteiger partial charge in [0.25, 0.3) is 0 Å². The van der Waals surface area contributed by atoms with Gasteiger partial charge in [-0.2, -0.15) is 0 Å². The van der Waals surface area contributed by atoms with Gasteiger partial charge in [0.05, 0.1) is 0 Å². The first-order valence-corrected chi connectivity index (χ1v) is 9.37. The number of hydrogen-bond donors (Lipinski definition) is 1. The molecule has 0 fully saturated rings. The van der Waals surface area contributed by atoms with E-state index in [1.54, 1.807) is 0 Å². The topological polar surface area (TPSA) is 21.3 Å². The second-order valence-electron chi connectivity index (χ2n) is 6.14. The summed E-state index contributed by atoms with van der Waals surface area (Å²) in [5.74, 6) is 0. The van der Waals surface area contributed by atoms with Crippen molar-refractivity contribution < 1.29 is 4.74 Å². The molecule has 1 heterocycles. The Morgan fingerprint density at radius 3 is 1.77 bits per heavy atom. The maximum absolute atomic E-state index is 6.53. The van der Waals surface area contributed by atoms with Crippen LogP contribution in [0.15, 0.2) is 84.9 Å². The molecule has 0 aliphatic carbocycles. The molecule has 2 nitrogen and oxygen atoms in total. The van der Waals surface area contributed by atoms with Gasteiger partial charge in [-0.1, -0.05) is 114 Å². The number of hydrogen-bond acceptors (Lipinski definition) is 2. The van der Waals surface area contributed by atoms with E-state index < -0.39 is 15.6 Å². The first kappa shape index (κ1) is 17.7. The van der Waals surface area contributed by atoms with E-state index in [1.807, 2.05) is 84.9 Å². The van der Waals surface area contributed by atoms with Crippen LogP contribution in [0.1, 0.15) is 16.7 Å². The van der Waals surface area contributed by atoms with Crippen LogP contribution in [0.25, 0.3) is 0 Å². The van der Waals surface area contributed by atoms with Crippen molar-refractivity contribution in [1.29, 1.82) is 0 Å². The van der Waals surface area contributed by atoms with E-state index in [1.165, 1.54) is 0 Å². The number of nitrogens with one attached hydrogen (secondary N) is 1. The highest BCUT2D eigenvalue weighted by atomic mass is 35.6. The lowest BCUT2D eigenvalue weighted by atomic mass is 9.78. The molecule has 4 rings (SSSR count). The minimum atomic E-state index is -1.64. The fourth-order valence-corrected chi connectivity index (χ4v) is 3.73. The van der Waals surface area contributed by atoms with E-state index in [-0.39, 0.29) is 0 Å². The number of para-hydroxylation sites is 1. The van der Waals surface area contributed by atoms with Crippen molar-refractivity contribution in [3.8, 4) is 0 Å². The van der Waals surface area contributed by atoms with E-state index in [4.69, 9.17) is 39.5 Å². The molecule has 1 atom stereocenters. The van der Waals surface area contributed by atoms with Gasteiger partial charge in [0.2, 0.25) is 3.79 Å². The zero-order valence-corrected chi connectivity index (χ0v) is 16.0. The summed E-state index contributed by atoms with van der Waals surface area (Å²) >= 11 is 18.7. The van der Waals surface area contributed by atoms with Crippen LogP contribution < -0.4 is 5.32 Å². The van der Waals surface area contributed by atoms with Crippen LogP contribution in [0.3, 0.4) is 0 Å². The molecule has 5 heteroatoms. The zero-order chi connectivity index (χ0) is 18.2. The highest BCUT2D eigenvalue weighted by molar-refractivity contribution is 6.68. The Kier molecular flexibility index (Phi) is 4.62. The van der Waals surface area contributed by atoms with Crippen molar-refractivity contribution in [3.63, 3.8) is 0 Å². The molecule has 1 aliphatic rings. The van der Waals surface area contributed by atoms with Crippen molar-refractivity contribution in [2.45, 2.75) is 15.6 Å². The minimum absolute atomic E-state index is 0.817. The SMILES string of the molecule is ClC(Cl)(Cl)C1Nc2ccccc2C(c2ccccc2)(c2ccccc2)O1. The number of halogens is 3. The monoisotopic (exact) mass is 403 g/mol. The molecule has 0 bridgehead atoms. The van der Waals surface area contributed by atoms with Crippen LogP contribution in [0.5, 0.6) is 0 Å². The summed E-state index contributed by atoms with van der Waals surface area (Å²) in [6.45, 7) is 0. The quantitative estimate of drug-likeness (QED) is 0.520. The number of fused-ring (bicyclic) bond motifs is 1. The van der Waals surface area contributed by atoms with Gasteiger partial charge in [0, 0.05) is 11.3 Å². The molecule has 0 saturated heterocycles. The third-order valence-corrected chi connectivity index (χ3v) is 5.14. The molecule has 0 radical (unpaired) electrons. The fraction of sp³-hybridized carbons (Fsp3) is 0.143. The average Bonchev–Trinajstić information content (AvgIpc) is 2.68. The van der Waals surface area contributed by atoms with Crippen molar-refractivity contribution in [2.75, 3.05) is 5.32 Å². The van der Waals surface area contributed by atoms with Gasteiger partial charge in [0.1, 0.15) is 5.60 Å². The molecule has 1 N–H and O–H groups in total. The summed E-state index contributed by atoms with van der Waals surface area (Å²) in [5.41, 5.74) is 2.91. The smallest absolute Gasteiger partial charge is 0.234 e. The van der Waals surface area contributed by atoms with Gasteiger partial charge in [-0.3, -0.25) is 0 Å². The Balaban J connectivity index is 2.03. The lowest BCUT2D eigenvalue weighted by molar-refractivity contribution is -0.0393. The Bertz CT molecular complexity index is 854. The Morgan fingerprint density at radius 1 is 0.731 bits per heavy atom. The van der Waals surface area contributed by atoms with Gasteiger partial charge in [0.15, 0.2) is 6.23 Å². The van der Waals surface area contributed by atoms with Gasteiger partial charge in [-0.15, -0.1) is 0 Å². The van der Waals surface area contributed by atoms with E-state index in [2.05, 4.69) is 5.32 Å². The van der Waals surface area contributed by atoms with E-state index >= 15 is 0 Å². The predicted octanol–water partition coefficient (Wildman–Crippen LogP) is 6.12. The van der Waals surface area contributed by atoms with E-state index in [0.717, 1.165) is 22.4 Å². The lowest BCUT2D eigenvalue weighted by Crippen LogP contribution is -2.49. The molecule has 132 valence electrons. The molecule has 26 heavy (non-hydrogen) atoms. The zero-order valence-electron chi connectivity index (χ0n) is 13.7. The highest BCUT2D eigenvalue weighted by Crippen LogP contribution is 2.50. The molecule has 0 aromatic heterocycles. The molecular weight excluding hydrogens is 389 g/mol. The highest BCUT2D eigenvalue weighted by Gasteiger charge is 2.49. The van der Waals surface area contributed by atoms with Gasteiger partial charge < -0.3 is 10.1 Å².